The van der Waals surface area contributed by atoms with Crippen molar-refractivity contribution in [2.45, 2.75) is 57.6 Å². The zero-order chi connectivity index (χ0) is 29.4. The second kappa shape index (κ2) is 13.7. The number of amides is 2. The van der Waals surface area contributed by atoms with Gasteiger partial charge in [0, 0.05) is 17.6 Å². The first kappa shape index (κ1) is 31.0. The van der Waals surface area contributed by atoms with Gasteiger partial charge in [-0.3, -0.25) is 13.9 Å². The van der Waals surface area contributed by atoms with Gasteiger partial charge in [-0.25, -0.2) is 8.42 Å². The number of nitrogens with zero attached hydrogens (tertiary/aromatic N) is 2. The number of hydrogen-bond donors (Lipinski definition) is 1. The van der Waals surface area contributed by atoms with Gasteiger partial charge in [-0.15, -0.1) is 0 Å². The largest absolute Gasteiger partial charge is 0.497 e. The van der Waals surface area contributed by atoms with Crippen LogP contribution in [0.2, 0.25) is 5.02 Å². The van der Waals surface area contributed by atoms with Gasteiger partial charge in [0.05, 0.1) is 17.7 Å². The lowest BCUT2D eigenvalue weighted by Crippen LogP contribution is -2.52. The Morgan fingerprint density at radius 2 is 1.68 bits per heavy atom. The zero-order valence-corrected chi connectivity index (χ0v) is 25.0. The number of carbonyl (C=O) groups excluding carboxylic acids is 2. The lowest BCUT2D eigenvalue weighted by Gasteiger charge is -2.32. The highest BCUT2D eigenvalue weighted by molar-refractivity contribution is 7.92. The van der Waals surface area contributed by atoms with Gasteiger partial charge in [0.1, 0.15) is 18.3 Å². The molecule has 0 saturated carbocycles. The summed E-state index contributed by atoms with van der Waals surface area (Å²) in [6.07, 6.45) is 0.729. The normalized spacial score (nSPS) is 12.8. The van der Waals surface area contributed by atoms with Gasteiger partial charge in [-0.2, -0.15) is 0 Å². The SMILES string of the molecule is CC[C@@H](C)NC(=O)[C@@H](C)N(Cc1cccc(C)c1)C(=O)CN(c1cccc(Cl)c1)S(=O)(=O)c1ccc(OC)cc1. The summed E-state index contributed by atoms with van der Waals surface area (Å²) < 4.78 is 34.0. The maximum atomic E-state index is 14.0. The van der Waals surface area contributed by atoms with E-state index in [0.29, 0.717) is 10.8 Å². The molecule has 0 bridgehead atoms. The molecule has 0 aromatic heterocycles. The van der Waals surface area contributed by atoms with E-state index < -0.39 is 28.5 Å². The molecule has 0 aliphatic heterocycles. The summed E-state index contributed by atoms with van der Waals surface area (Å²) in [6.45, 7) is 7.02. The Hall–Kier alpha value is -3.56. The Kier molecular flexibility index (Phi) is 10.6. The summed E-state index contributed by atoms with van der Waals surface area (Å²) in [4.78, 5) is 28.5. The van der Waals surface area contributed by atoms with Gasteiger partial charge in [0.15, 0.2) is 0 Å². The van der Waals surface area contributed by atoms with Crippen LogP contribution in [0.15, 0.2) is 77.7 Å². The average Bonchev–Trinajstić information content (AvgIpc) is 2.93. The Morgan fingerprint density at radius 1 is 1.00 bits per heavy atom. The minimum Gasteiger partial charge on any atom is -0.497 e. The van der Waals surface area contributed by atoms with Crippen LogP contribution in [0.4, 0.5) is 5.69 Å². The van der Waals surface area contributed by atoms with Gasteiger partial charge in [0.2, 0.25) is 11.8 Å². The van der Waals surface area contributed by atoms with Crippen molar-refractivity contribution in [3.05, 3.63) is 88.9 Å². The quantitative estimate of drug-likeness (QED) is 0.316. The summed E-state index contributed by atoms with van der Waals surface area (Å²) in [7, 11) is -2.71. The van der Waals surface area contributed by atoms with Crippen molar-refractivity contribution in [2.24, 2.45) is 0 Å². The fourth-order valence-electron chi connectivity index (χ4n) is 4.09. The Bertz CT molecular complexity index is 1430. The van der Waals surface area contributed by atoms with Gasteiger partial charge in [-0.05, 0) is 75.2 Å². The molecule has 0 fully saturated rings. The highest BCUT2D eigenvalue weighted by atomic mass is 35.5. The summed E-state index contributed by atoms with van der Waals surface area (Å²) in [6, 6.07) is 18.9. The van der Waals surface area contributed by atoms with Gasteiger partial charge in [0.25, 0.3) is 10.0 Å². The lowest BCUT2D eigenvalue weighted by atomic mass is 10.1. The number of anilines is 1. The molecule has 2 amide bonds. The third-order valence-electron chi connectivity index (χ3n) is 6.63. The molecule has 3 aromatic rings. The number of halogens is 1. The van der Waals surface area contributed by atoms with E-state index in [4.69, 9.17) is 16.3 Å². The first-order valence-electron chi connectivity index (χ1n) is 13.0. The van der Waals surface area contributed by atoms with Crippen molar-refractivity contribution in [1.29, 1.82) is 0 Å². The number of nitrogens with one attached hydrogen (secondary N) is 1. The van der Waals surface area contributed by atoms with E-state index in [-0.39, 0.29) is 29.1 Å². The molecule has 10 heteroatoms. The fourth-order valence-corrected chi connectivity index (χ4v) is 5.68. The zero-order valence-electron chi connectivity index (χ0n) is 23.4. The highest BCUT2D eigenvalue weighted by Crippen LogP contribution is 2.28. The molecule has 1 N–H and O–H groups in total. The molecule has 8 nitrogen and oxygen atoms in total. The van der Waals surface area contributed by atoms with Crippen LogP contribution in [0, 0.1) is 6.92 Å². The van der Waals surface area contributed by atoms with E-state index in [1.165, 1.54) is 42.3 Å². The molecular formula is C30H36ClN3O5S. The molecule has 0 aliphatic carbocycles. The van der Waals surface area contributed by atoms with Crippen molar-refractivity contribution in [3.63, 3.8) is 0 Å². The summed E-state index contributed by atoms with van der Waals surface area (Å²) in [5.41, 5.74) is 2.05. The molecule has 0 heterocycles. The summed E-state index contributed by atoms with van der Waals surface area (Å²) in [5, 5.41) is 3.24. The van der Waals surface area contributed by atoms with E-state index in [1.807, 2.05) is 45.0 Å². The third kappa shape index (κ3) is 7.76. The van der Waals surface area contributed by atoms with Crippen LogP contribution < -0.4 is 14.4 Å². The number of ether oxygens (including phenoxy) is 1. The van der Waals surface area contributed by atoms with E-state index in [2.05, 4.69) is 5.32 Å². The van der Waals surface area contributed by atoms with Crippen LogP contribution in [0.5, 0.6) is 5.75 Å². The number of methoxy groups -OCH3 is 1. The van der Waals surface area contributed by atoms with Crippen molar-refractivity contribution < 1.29 is 22.7 Å². The monoisotopic (exact) mass is 585 g/mol. The molecular weight excluding hydrogens is 550 g/mol. The average molecular weight is 586 g/mol. The predicted octanol–water partition coefficient (Wildman–Crippen LogP) is 5.18. The number of rotatable bonds is 12. The second-order valence-corrected chi connectivity index (χ2v) is 12.0. The molecule has 40 heavy (non-hydrogen) atoms. The Labute approximate surface area is 241 Å². The van der Waals surface area contributed by atoms with E-state index in [9.17, 15) is 18.0 Å². The molecule has 0 spiro atoms. The number of benzene rings is 3. The molecule has 0 aliphatic rings. The van der Waals surface area contributed by atoms with Crippen LogP contribution >= 0.6 is 11.6 Å². The summed E-state index contributed by atoms with van der Waals surface area (Å²) in [5.74, 6) is -0.358. The van der Waals surface area contributed by atoms with E-state index in [0.717, 1.165) is 21.9 Å². The lowest BCUT2D eigenvalue weighted by molar-refractivity contribution is -0.139. The molecule has 214 valence electrons. The minimum absolute atomic E-state index is 0.0196. The molecule has 3 rings (SSSR count). The fraction of sp³-hybridized carbons (Fsp3) is 0.333. The molecule has 3 aromatic carbocycles. The smallest absolute Gasteiger partial charge is 0.264 e. The van der Waals surface area contributed by atoms with Crippen LogP contribution in [0.3, 0.4) is 0 Å². The maximum absolute atomic E-state index is 14.0. The molecule has 0 unspecified atom stereocenters. The van der Waals surface area contributed by atoms with E-state index >= 15 is 0 Å². The Balaban J connectivity index is 2.03. The number of hydrogen-bond acceptors (Lipinski definition) is 5. The van der Waals surface area contributed by atoms with Crippen molar-refractivity contribution in [3.8, 4) is 5.75 Å². The molecule has 0 radical (unpaired) electrons. The molecule has 0 saturated heterocycles. The number of sulfonamides is 1. The number of aryl methyl sites for hydroxylation is 1. The topological polar surface area (TPSA) is 96.0 Å². The third-order valence-corrected chi connectivity index (χ3v) is 8.65. The first-order chi connectivity index (χ1) is 19.0. The predicted molar refractivity (Wildman–Crippen MR) is 158 cm³/mol. The van der Waals surface area contributed by atoms with Gasteiger partial charge >= 0.3 is 0 Å². The van der Waals surface area contributed by atoms with E-state index in [1.54, 1.807) is 25.1 Å². The standard InChI is InChI=1S/C30H36ClN3O5S/c1-6-22(3)32-30(36)23(4)33(19-24-10-7-9-21(2)17-24)29(35)20-34(26-12-8-11-25(31)18-26)40(37,38)28-15-13-27(39-5)14-16-28/h7-18,22-23H,6,19-20H2,1-5H3,(H,32,36)/t22-,23-/m1/s1. The summed E-state index contributed by atoms with van der Waals surface area (Å²) >= 11 is 6.21. The minimum atomic E-state index is -4.20. The maximum Gasteiger partial charge on any atom is 0.264 e. The van der Waals surface area contributed by atoms with Crippen LogP contribution in [0.1, 0.15) is 38.3 Å². The van der Waals surface area contributed by atoms with Gasteiger partial charge in [-0.1, -0.05) is 54.4 Å². The van der Waals surface area contributed by atoms with Crippen molar-refractivity contribution >= 4 is 39.1 Å². The van der Waals surface area contributed by atoms with Crippen molar-refractivity contribution in [2.75, 3.05) is 18.0 Å². The first-order valence-corrected chi connectivity index (χ1v) is 14.9. The van der Waals surface area contributed by atoms with Crippen molar-refractivity contribution in [1.82, 2.24) is 10.2 Å². The molecule has 2 atom stereocenters. The number of carbonyl (C=O) groups is 2. The van der Waals surface area contributed by atoms with Crippen LogP contribution in [-0.2, 0) is 26.2 Å². The van der Waals surface area contributed by atoms with Gasteiger partial charge < -0.3 is 15.0 Å². The highest BCUT2D eigenvalue weighted by Gasteiger charge is 2.33. The van der Waals surface area contributed by atoms with Crippen LogP contribution in [-0.4, -0.2) is 50.9 Å². The second-order valence-electron chi connectivity index (χ2n) is 9.67. The van der Waals surface area contributed by atoms with Crippen LogP contribution in [0.25, 0.3) is 0 Å². The Morgan fingerprint density at radius 3 is 2.27 bits per heavy atom.